The highest BCUT2D eigenvalue weighted by molar-refractivity contribution is 7.09. The summed E-state index contributed by atoms with van der Waals surface area (Å²) in [6.07, 6.45) is 3.98. The molecule has 0 aliphatic carbocycles. The molecule has 2 aliphatic rings. The minimum Gasteiger partial charge on any atom is -0.345 e. The van der Waals surface area contributed by atoms with Crippen LogP contribution in [-0.4, -0.2) is 58.9 Å². The number of carbonyl (C=O) groups excluding carboxylic acids is 1. The van der Waals surface area contributed by atoms with Crippen molar-refractivity contribution in [2.75, 3.05) is 37.6 Å². The number of amides is 1. The van der Waals surface area contributed by atoms with Gasteiger partial charge in [-0.25, -0.2) is 4.98 Å². The Labute approximate surface area is 129 Å². The summed E-state index contributed by atoms with van der Waals surface area (Å²) in [6, 6.07) is 0.391. The predicted molar refractivity (Wildman–Crippen MR) is 83.7 cm³/mol. The maximum Gasteiger partial charge on any atom is 0.224 e. The number of anilines is 1. The van der Waals surface area contributed by atoms with Gasteiger partial charge in [0, 0.05) is 50.2 Å². The van der Waals surface area contributed by atoms with E-state index in [9.17, 15) is 4.79 Å². The van der Waals surface area contributed by atoms with E-state index in [2.05, 4.69) is 19.6 Å². The van der Waals surface area contributed by atoms with Crippen LogP contribution in [0, 0.1) is 6.92 Å². The van der Waals surface area contributed by atoms with Gasteiger partial charge in [0.2, 0.25) is 11.0 Å². The Balaban J connectivity index is 1.53. The summed E-state index contributed by atoms with van der Waals surface area (Å²) in [5.74, 6) is 1.13. The molecule has 1 aromatic heterocycles. The fourth-order valence-electron chi connectivity index (χ4n) is 3.04. The lowest BCUT2D eigenvalue weighted by Crippen LogP contribution is -2.38. The largest absolute Gasteiger partial charge is 0.345 e. The van der Waals surface area contributed by atoms with Crippen molar-refractivity contribution in [3.05, 3.63) is 5.82 Å². The lowest BCUT2D eigenvalue weighted by Gasteiger charge is -2.23. The average Bonchev–Trinajstić information content (AvgIpc) is 3.05. The van der Waals surface area contributed by atoms with Crippen molar-refractivity contribution in [2.45, 2.75) is 38.6 Å². The molecule has 1 atom stereocenters. The first-order valence-corrected chi connectivity index (χ1v) is 8.56. The van der Waals surface area contributed by atoms with Crippen LogP contribution in [-0.2, 0) is 4.79 Å². The van der Waals surface area contributed by atoms with Crippen LogP contribution in [0.3, 0.4) is 0 Å². The van der Waals surface area contributed by atoms with Crippen molar-refractivity contribution < 1.29 is 4.79 Å². The molecule has 0 saturated carbocycles. The Hall–Kier alpha value is -1.21. The number of rotatable bonds is 3. The first kappa shape index (κ1) is 14.7. The summed E-state index contributed by atoms with van der Waals surface area (Å²) in [5.41, 5.74) is 0. The van der Waals surface area contributed by atoms with Gasteiger partial charge in [0.15, 0.2) is 0 Å². The first-order chi connectivity index (χ1) is 10.2. The van der Waals surface area contributed by atoms with Crippen LogP contribution >= 0.6 is 11.5 Å². The molecule has 2 fully saturated rings. The average molecular weight is 309 g/mol. The molecule has 1 amide bonds. The Bertz CT molecular complexity index is 485. The molecule has 1 unspecified atom stereocenters. The highest BCUT2D eigenvalue weighted by Gasteiger charge is 2.24. The minimum atomic E-state index is 0.296. The van der Waals surface area contributed by atoms with E-state index in [-0.39, 0.29) is 0 Å². The molecule has 1 N–H and O–H groups in total. The van der Waals surface area contributed by atoms with Gasteiger partial charge >= 0.3 is 0 Å². The van der Waals surface area contributed by atoms with Crippen LogP contribution < -0.4 is 10.2 Å². The summed E-state index contributed by atoms with van der Waals surface area (Å²) >= 11 is 1.45. The number of carbonyl (C=O) groups is 1. The second-order valence-corrected chi connectivity index (χ2v) is 6.57. The van der Waals surface area contributed by atoms with Gasteiger partial charge in [-0.15, -0.1) is 0 Å². The fraction of sp³-hybridized carbons (Fsp3) is 0.786. The predicted octanol–water partition coefficient (Wildman–Crippen LogP) is 1.03. The molecule has 21 heavy (non-hydrogen) atoms. The highest BCUT2D eigenvalue weighted by Crippen LogP contribution is 2.19. The quantitative estimate of drug-likeness (QED) is 0.903. The summed E-state index contributed by atoms with van der Waals surface area (Å²) in [5, 5.41) is 4.39. The molecule has 1 aromatic rings. The Morgan fingerprint density at radius 3 is 2.95 bits per heavy atom. The van der Waals surface area contributed by atoms with E-state index in [1.807, 2.05) is 11.8 Å². The Morgan fingerprint density at radius 1 is 1.33 bits per heavy atom. The molecule has 0 spiro atoms. The maximum atomic E-state index is 12.4. The highest BCUT2D eigenvalue weighted by atomic mass is 32.1. The third-order valence-electron chi connectivity index (χ3n) is 4.22. The van der Waals surface area contributed by atoms with E-state index in [1.54, 1.807) is 0 Å². The van der Waals surface area contributed by atoms with Crippen molar-refractivity contribution in [1.82, 2.24) is 19.6 Å². The number of hydrogen-bond acceptors (Lipinski definition) is 6. The van der Waals surface area contributed by atoms with Gasteiger partial charge in [0.25, 0.3) is 0 Å². The molecule has 0 bridgehead atoms. The molecule has 0 radical (unpaired) electrons. The molecular weight excluding hydrogens is 286 g/mol. The van der Waals surface area contributed by atoms with Gasteiger partial charge in [-0.3, -0.25) is 4.79 Å². The maximum absolute atomic E-state index is 12.4. The van der Waals surface area contributed by atoms with E-state index >= 15 is 0 Å². The summed E-state index contributed by atoms with van der Waals surface area (Å²) in [4.78, 5) is 21.1. The van der Waals surface area contributed by atoms with Gasteiger partial charge < -0.3 is 15.1 Å². The topological polar surface area (TPSA) is 61.4 Å². The molecule has 116 valence electrons. The molecular formula is C14H23N5OS. The molecule has 2 aliphatic heterocycles. The third-order valence-corrected chi connectivity index (χ3v) is 5.09. The first-order valence-electron chi connectivity index (χ1n) is 7.79. The van der Waals surface area contributed by atoms with Crippen molar-refractivity contribution in [2.24, 2.45) is 0 Å². The minimum absolute atomic E-state index is 0.296. The van der Waals surface area contributed by atoms with Crippen LogP contribution in [0.1, 0.15) is 31.5 Å². The normalized spacial score (nSPS) is 23.4. The zero-order valence-corrected chi connectivity index (χ0v) is 13.4. The number of nitrogens with zero attached hydrogens (tertiary/aromatic N) is 4. The van der Waals surface area contributed by atoms with Crippen molar-refractivity contribution in [3.8, 4) is 0 Å². The number of hydrogen-bond donors (Lipinski definition) is 1. The van der Waals surface area contributed by atoms with Gasteiger partial charge in [-0.05, 0) is 32.7 Å². The van der Waals surface area contributed by atoms with E-state index in [0.29, 0.717) is 18.4 Å². The lowest BCUT2D eigenvalue weighted by atomic mass is 10.1. The summed E-state index contributed by atoms with van der Waals surface area (Å²) in [7, 11) is 0. The standard InChI is InChI=1S/C14H23N5OS/c1-11-16-14(21-17-11)19-7-3-6-18(8-9-19)13(20)10-12-4-2-5-15-12/h12,15H,2-10H2,1H3. The summed E-state index contributed by atoms with van der Waals surface area (Å²) in [6.45, 7) is 6.45. The van der Waals surface area contributed by atoms with E-state index < -0.39 is 0 Å². The zero-order valence-electron chi connectivity index (χ0n) is 12.5. The third kappa shape index (κ3) is 3.71. The van der Waals surface area contributed by atoms with Gasteiger partial charge in [0.1, 0.15) is 5.82 Å². The fourth-order valence-corrected chi connectivity index (χ4v) is 3.77. The monoisotopic (exact) mass is 309 g/mol. The van der Waals surface area contributed by atoms with Crippen LogP contribution in [0.5, 0.6) is 0 Å². The molecule has 3 heterocycles. The number of aromatic nitrogens is 2. The van der Waals surface area contributed by atoms with E-state index in [1.165, 1.54) is 18.0 Å². The van der Waals surface area contributed by atoms with E-state index in [0.717, 1.165) is 56.5 Å². The van der Waals surface area contributed by atoms with Gasteiger partial charge in [-0.2, -0.15) is 4.37 Å². The van der Waals surface area contributed by atoms with E-state index in [4.69, 9.17) is 0 Å². The van der Waals surface area contributed by atoms with Gasteiger partial charge in [-0.1, -0.05) is 0 Å². The number of aryl methyl sites for hydroxylation is 1. The van der Waals surface area contributed by atoms with Crippen LogP contribution in [0.25, 0.3) is 0 Å². The van der Waals surface area contributed by atoms with Crippen LogP contribution in [0.2, 0.25) is 0 Å². The molecule has 7 heteroatoms. The van der Waals surface area contributed by atoms with Crippen LogP contribution in [0.4, 0.5) is 5.13 Å². The van der Waals surface area contributed by atoms with Gasteiger partial charge in [0.05, 0.1) is 0 Å². The summed E-state index contributed by atoms with van der Waals surface area (Å²) < 4.78 is 4.25. The van der Waals surface area contributed by atoms with Crippen molar-refractivity contribution in [1.29, 1.82) is 0 Å². The molecule has 3 rings (SSSR count). The second kappa shape index (κ2) is 6.70. The zero-order chi connectivity index (χ0) is 14.7. The Kier molecular flexibility index (Phi) is 4.70. The number of nitrogens with one attached hydrogen (secondary N) is 1. The molecule has 2 saturated heterocycles. The smallest absolute Gasteiger partial charge is 0.224 e. The second-order valence-electron chi connectivity index (χ2n) is 5.84. The molecule has 6 nitrogen and oxygen atoms in total. The SMILES string of the molecule is Cc1nsc(N2CCCN(C(=O)CC3CCCN3)CC2)n1. The Morgan fingerprint density at radius 2 is 2.24 bits per heavy atom. The van der Waals surface area contributed by atoms with Crippen molar-refractivity contribution >= 4 is 22.6 Å². The molecule has 0 aromatic carbocycles. The van der Waals surface area contributed by atoms with Crippen LogP contribution in [0.15, 0.2) is 0 Å². The van der Waals surface area contributed by atoms with Crippen molar-refractivity contribution in [3.63, 3.8) is 0 Å². The lowest BCUT2D eigenvalue weighted by molar-refractivity contribution is -0.131.